The number of nitrogens with one attached hydrogen (secondary N) is 2. The summed E-state index contributed by atoms with van der Waals surface area (Å²) >= 11 is 0. The molecule has 1 saturated heterocycles. The SMILES string of the molecule is CCCNc1nc(NC2CCCS(=O)(=O)C2)c(F)cc1F. The van der Waals surface area contributed by atoms with Crippen LogP contribution in [0, 0.1) is 11.6 Å². The Kier molecular flexibility index (Phi) is 4.97. The molecule has 0 amide bonds. The fraction of sp³-hybridized carbons (Fsp3) is 0.615. The predicted molar refractivity (Wildman–Crippen MR) is 78.2 cm³/mol. The number of sulfone groups is 1. The summed E-state index contributed by atoms with van der Waals surface area (Å²) in [5, 5.41) is 5.55. The van der Waals surface area contributed by atoms with Crippen LogP contribution in [0.2, 0.25) is 0 Å². The van der Waals surface area contributed by atoms with Crippen LogP contribution in [-0.2, 0) is 9.84 Å². The number of rotatable bonds is 5. The molecular formula is C13H19F2N3O2S. The van der Waals surface area contributed by atoms with E-state index in [2.05, 4.69) is 15.6 Å². The average Bonchev–Trinajstić information content (AvgIpc) is 2.39. The highest BCUT2D eigenvalue weighted by molar-refractivity contribution is 7.91. The second-order valence-electron chi connectivity index (χ2n) is 5.17. The number of hydrogen-bond acceptors (Lipinski definition) is 5. The van der Waals surface area contributed by atoms with Gasteiger partial charge in [0.15, 0.2) is 33.1 Å². The van der Waals surface area contributed by atoms with Gasteiger partial charge in [0.2, 0.25) is 0 Å². The molecular weight excluding hydrogens is 300 g/mol. The van der Waals surface area contributed by atoms with Gasteiger partial charge in [-0.05, 0) is 19.3 Å². The molecule has 8 heteroatoms. The van der Waals surface area contributed by atoms with E-state index in [1.165, 1.54) is 0 Å². The number of nitrogens with zero attached hydrogens (tertiary/aromatic N) is 1. The Balaban J connectivity index is 2.15. The lowest BCUT2D eigenvalue weighted by Gasteiger charge is -2.24. The van der Waals surface area contributed by atoms with E-state index in [-0.39, 0.29) is 23.1 Å². The average molecular weight is 319 g/mol. The van der Waals surface area contributed by atoms with Gasteiger partial charge in [0.05, 0.1) is 11.5 Å². The second kappa shape index (κ2) is 6.55. The van der Waals surface area contributed by atoms with Crippen LogP contribution < -0.4 is 10.6 Å². The molecule has 1 aliphatic heterocycles. The summed E-state index contributed by atoms with van der Waals surface area (Å²) in [6.07, 6.45) is 1.93. The first kappa shape index (κ1) is 15.9. The first-order chi connectivity index (χ1) is 9.91. The predicted octanol–water partition coefficient (Wildman–Crippen LogP) is 2.17. The third-order valence-electron chi connectivity index (χ3n) is 3.28. The molecule has 2 heterocycles. The normalized spacial score (nSPS) is 21.0. The van der Waals surface area contributed by atoms with E-state index in [1.807, 2.05) is 6.92 Å². The van der Waals surface area contributed by atoms with Crippen molar-refractivity contribution in [3.63, 3.8) is 0 Å². The molecule has 1 unspecified atom stereocenters. The van der Waals surface area contributed by atoms with Crippen LogP contribution in [0.15, 0.2) is 6.07 Å². The Morgan fingerprint density at radius 3 is 2.71 bits per heavy atom. The Morgan fingerprint density at radius 2 is 2.05 bits per heavy atom. The minimum Gasteiger partial charge on any atom is -0.368 e. The quantitative estimate of drug-likeness (QED) is 0.870. The van der Waals surface area contributed by atoms with Crippen LogP contribution in [0.25, 0.3) is 0 Å². The molecule has 0 bridgehead atoms. The van der Waals surface area contributed by atoms with Crippen LogP contribution in [0.1, 0.15) is 26.2 Å². The number of aromatic nitrogens is 1. The van der Waals surface area contributed by atoms with Gasteiger partial charge in [-0.3, -0.25) is 0 Å². The molecule has 0 saturated carbocycles. The van der Waals surface area contributed by atoms with Gasteiger partial charge in [-0.1, -0.05) is 6.92 Å². The van der Waals surface area contributed by atoms with E-state index in [4.69, 9.17) is 0 Å². The maximum Gasteiger partial charge on any atom is 0.168 e. The van der Waals surface area contributed by atoms with E-state index in [0.29, 0.717) is 19.4 Å². The van der Waals surface area contributed by atoms with Crippen LogP contribution in [0.5, 0.6) is 0 Å². The Labute approximate surface area is 123 Å². The number of pyridine rings is 1. The molecule has 1 aliphatic rings. The summed E-state index contributed by atoms with van der Waals surface area (Å²) in [6, 6.07) is 0.361. The van der Waals surface area contributed by atoms with Gasteiger partial charge < -0.3 is 10.6 Å². The highest BCUT2D eigenvalue weighted by Gasteiger charge is 2.26. The third-order valence-corrected chi connectivity index (χ3v) is 5.10. The maximum absolute atomic E-state index is 13.8. The molecule has 0 aromatic carbocycles. The summed E-state index contributed by atoms with van der Waals surface area (Å²) in [5.74, 6) is -1.62. The lowest BCUT2D eigenvalue weighted by atomic mass is 10.2. The summed E-state index contributed by atoms with van der Waals surface area (Å²) in [4.78, 5) is 3.88. The molecule has 1 atom stereocenters. The van der Waals surface area contributed by atoms with E-state index in [1.54, 1.807) is 0 Å². The van der Waals surface area contributed by atoms with Gasteiger partial charge in [0.25, 0.3) is 0 Å². The van der Waals surface area contributed by atoms with E-state index in [9.17, 15) is 17.2 Å². The van der Waals surface area contributed by atoms with Gasteiger partial charge >= 0.3 is 0 Å². The lowest BCUT2D eigenvalue weighted by Crippen LogP contribution is -2.35. The van der Waals surface area contributed by atoms with Gasteiger partial charge in [-0.25, -0.2) is 22.2 Å². The Bertz CT molecular complexity index is 608. The smallest absolute Gasteiger partial charge is 0.168 e. The Morgan fingerprint density at radius 1 is 1.33 bits per heavy atom. The van der Waals surface area contributed by atoms with Crippen molar-refractivity contribution in [3.8, 4) is 0 Å². The van der Waals surface area contributed by atoms with E-state index >= 15 is 0 Å². The Hall–Kier alpha value is -1.44. The molecule has 0 radical (unpaired) electrons. The number of hydrogen-bond donors (Lipinski definition) is 2. The van der Waals surface area contributed by atoms with Gasteiger partial charge in [-0.15, -0.1) is 0 Å². The summed E-state index contributed by atoms with van der Waals surface area (Å²) in [5.41, 5.74) is 0. The molecule has 1 aromatic rings. The first-order valence-electron chi connectivity index (χ1n) is 6.98. The van der Waals surface area contributed by atoms with E-state index < -0.39 is 27.5 Å². The summed E-state index contributed by atoms with van der Waals surface area (Å²) in [7, 11) is -3.10. The zero-order valence-corrected chi connectivity index (χ0v) is 12.6. The minimum atomic E-state index is -3.10. The monoisotopic (exact) mass is 319 g/mol. The number of halogens is 2. The maximum atomic E-state index is 13.8. The van der Waals surface area contributed by atoms with Crippen molar-refractivity contribution in [2.75, 3.05) is 28.7 Å². The highest BCUT2D eigenvalue weighted by atomic mass is 32.2. The zero-order chi connectivity index (χ0) is 15.5. The van der Waals surface area contributed by atoms with E-state index in [0.717, 1.165) is 12.5 Å². The molecule has 118 valence electrons. The lowest BCUT2D eigenvalue weighted by molar-refractivity contribution is 0.553. The molecule has 2 N–H and O–H groups in total. The largest absolute Gasteiger partial charge is 0.368 e. The van der Waals surface area contributed by atoms with Crippen molar-refractivity contribution >= 4 is 21.5 Å². The summed E-state index contributed by atoms with van der Waals surface area (Å²) in [6.45, 7) is 2.44. The number of anilines is 2. The van der Waals surface area contributed by atoms with Crippen molar-refractivity contribution in [1.82, 2.24) is 4.98 Å². The second-order valence-corrected chi connectivity index (χ2v) is 7.40. The standard InChI is InChI=1S/C13H19F2N3O2S/c1-2-5-16-12-10(14)7-11(15)13(18-12)17-9-4-3-6-21(19,20)8-9/h7,9H,2-6,8H2,1H3,(H2,16,17,18). The van der Waals surface area contributed by atoms with Crippen LogP contribution in [-0.4, -0.2) is 37.5 Å². The summed E-state index contributed by atoms with van der Waals surface area (Å²) < 4.78 is 50.5. The topological polar surface area (TPSA) is 71.1 Å². The fourth-order valence-electron chi connectivity index (χ4n) is 2.27. The van der Waals surface area contributed by atoms with Crippen LogP contribution >= 0.6 is 0 Å². The molecule has 1 fully saturated rings. The molecule has 1 aromatic heterocycles. The minimum absolute atomic E-state index is 0.0283. The van der Waals surface area contributed by atoms with Crippen molar-refractivity contribution in [2.24, 2.45) is 0 Å². The fourth-order valence-corrected chi connectivity index (χ4v) is 3.90. The molecule has 5 nitrogen and oxygen atoms in total. The first-order valence-corrected chi connectivity index (χ1v) is 8.80. The van der Waals surface area contributed by atoms with Crippen molar-refractivity contribution in [3.05, 3.63) is 17.7 Å². The zero-order valence-electron chi connectivity index (χ0n) is 11.8. The molecule has 2 rings (SSSR count). The van der Waals surface area contributed by atoms with Gasteiger partial charge in [-0.2, -0.15) is 0 Å². The molecule has 0 aliphatic carbocycles. The van der Waals surface area contributed by atoms with Gasteiger partial charge in [0.1, 0.15) is 0 Å². The van der Waals surface area contributed by atoms with Crippen molar-refractivity contribution < 1.29 is 17.2 Å². The van der Waals surface area contributed by atoms with Crippen molar-refractivity contribution in [1.29, 1.82) is 0 Å². The van der Waals surface area contributed by atoms with Crippen molar-refractivity contribution in [2.45, 2.75) is 32.2 Å². The molecule has 21 heavy (non-hydrogen) atoms. The van der Waals surface area contributed by atoms with Crippen LogP contribution in [0.3, 0.4) is 0 Å². The highest BCUT2D eigenvalue weighted by Crippen LogP contribution is 2.22. The van der Waals surface area contributed by atoms with Crippen LogP contribution in [0.4, 0.5) is 20.4 Å². The van der Waals surface area contributed by atoms with Gasteiger partial charge in [0, 0.05) is 18.7 Å². The third kappa shape index (κ3) is 4.26. The molecule has 0 spiro atoms.